The number of imide groups is 2. The zero-order valence-electron chi connectivity index (χ0n) is 14.4. The number of rotatable bonds is 7. The zero-order chi connectivity index (χ0) is 17.7. The van der Waals surface area contributed by atoms with E-state index >= 15 is 0 Å². The molecule has 8 nitrogen and oxygen atoms in total. The highest BCUT2D eigenvalue weighted by molar-refractivity contribution is 6.45. The van der Waals surface area contributed by atoms with Crippen LogP contribution in [0.4, 0.5) is 4.79 Å². The summed E-state index contributed by atoms with van der Waals surface area (Å²) in [5, 5.41) is 3.30. The van der Waals surface area contributed by atoms with Gasteiger partial charge in [-0.15, -0.1) is 19.0 Å². The number of piperidine rings is 1. The van der Waals surface area contributed by atoms with Crippen molar-refractivity contribution >= 4 is 36.2 Å². The van der Waals surface area contributed by atoms with Crippen LogP contribution in [0.5, 0.6) is 0 Å². The summed E-state index contributed by atoms with van der Waals surface area (Å²) >= 11 is 0. The molecule has 2 fully saturated rings. The van der Waals surface area contributed by atoms with Gasteiger partial charge < -0.3 is 10.2 Å². The highest BCUT2D eigenvalue weighted by Gasteiger charge is 2.45. The summed E-state index contributed by atoms with van der Waals surface area (Å²) in [6.45, 7) is 8.16. The fraction of sp³-hybridized carbons (Fsp3) is 0.625. The van der Waals surface area contributed by atoms with Crippen molar-refractivity contribution in [1.82, 2.24) is 20.0 Å². The van der Waals surface area contributed by atoms with Gasteiger partial charge in [0, 0.05) is 19.6 Å². The number of nitrogens with one attached hydrogen (secondary N) is 1. The molecule has 2 saturated heterocycles. The molecule has 2 heterocycles. The van der Waals surface area contributed by atoms with E-state index in [1.807, 2.05) is 0 Å². The van der Waals surface area contributed by atoms with Gasteiger partial charge >= 0.3 is 17.8 Å². The molecule has 0 unspecified atom stereocenters. The van der Waals surface area contributed by atoms with E-state index in [4.69, 9.17) is 0 Å². The number of hydrogen-bond donors (Lipinski definition) is 1. The highest BCUT2D eigenvalue weighted by atomic mass is 35.5. The van der Waals surface area contributed by atoms with Gasteiger partial charge in [-0.1, -0.05) is 13.0 Å². The molecule has 0 bridgehead atoms. The van der Waals surface area contributed by atoms with Gasteiger partial charge in [0.1, 0.15) is 6.54 Å². The summed E-state index contributed by atoms with van der Waals surface area (Å²) in [6.07, 6.45) is 3.15. The van der Waals surface area contributed by atoms with Crippen molar-refractivity contribution in [3.8, 4) is 0 Å². The van der Waals surface area contributed by atoms with Crippen LogP contribution in [0.3, 0.4) is 0 Å². The number of likely N-dealkylation sites (tertiary alicyclic amines) is 1. The Bertz CT molecular complexity index is 546. The average Bonchev–Trinajstić information content (AvgIpc) is 2.78. The lowest BCUT2D eigenvalue weighted by molar-refractivity contribution is -0.145. The molecule has 0 aromatic rings. The van der Waals surface area contributed by atoms with Crippen LogP contribution in [-0.4, -0.2) is 77.7 Å². The molecule has 2 aliphatic rings. The zero-order valence-corrected chi connectivity index (χ0v) is 15.2. The van der Waals surface area contributed by atoms with Crippen molar-refractivity contribution in [2.45, 2.75) is 19.8 Å². The van der Waals surface area contributed by atoms with Gasteiger partial charge in [0.25, 0.3) is 0 Å². The Balaban J connectivity index is 0.00000312. The minimum Gasteiger partial charge on any atom is -0.341 e. The van der Waals surface area contributed by atoms with E-state index in [2.05, 4.69) is 18.8 Å². The average molecular weight is 373 g/mol. The third-order valence-corrected chi connectivity index (χ3v) is 4.39. The first-order valence-corrected chi connectivity index (χ1v) is 8.26. The first kappa shape index (κ1) is 21.1. The number of halogens is 1. The molecule has 0 saturated carbocycles. The van der Waals surface area contributed by atoms with Crippen LogP contribution in [0.25, 0.3) is 0 Å². The molecule has 0 aliphatic carbocycles. The fourth-order valence-electron chi connectivity index (χ4n) is 2.95. The molecule has 1 N–H and O–H groups in total. The van der Waals surface area contributed by atoms with E-state index in [0.29, 0.717) is 19.0 Å². The maximum absolute atomic E-state index is 12.4. The Morgan fingerprint density at radius 2 is 1.80 bits per heavy atom. The molecular weight excluding hydrogens is 348 g/mol. The minimum atomic E-state index is -0.947. The van der Waals surface area contributed by atoms with Crippen molar-refractivity contribution in [2.75, 3.05) is 39.3 Å². The second kappa shape index (κ2) is 9.53. The van der Waals surface area contributed by atoms with Crippen LogP contribution in [0.1, 0.15) is 19.8 Å². The lowest BCUT2D eigenvalue weighted by Gasteiger charge is -2.32. The van der Waals surface area contributed by atoms with E-state index < -0.39 is 17.8 Å². The molecule has 2 aliphatic heterocycles. The van der Waals surface area contributed by atoms with Crippen LogP contribution in [0.15, 0.2) is 12.7 Å². The van der Waals surface area contributed by atoms with E-state index in [1.54, 1.807) is 4.90 Å². The Labute approximate surface area is 153 Å². The van der Waals surface area contributed by atoms with Gasteiger partial charge in [0.15, 0.2) is 0 Å². The lowest BCUT2D eigenvalue weighted by atomic mass is 9.97. The molecule has 0 radical (unpaired) electrons. The Hall–Kier alpha value is -1.93. The minimum absolute atomic E-state index is 0. The van der Waals surface area contributed by atoms with Crippen LogP contribution >= 0.6 is 12.4 Å². The van der Waals surface area contributed by atoms with Crippen molar-refractivity contribution in [1.29, 1.82) is 0 Å². The molecule has 25 heavy (non-hydrogen) atoms. The number of nitrogens with zero attached hydrogens (tertiary/aromatic N) is 3. The maximum atomic E-state index is 12.4. The number of carbonyl (C=O) groups is 4. The molecule has 0 spiro atoms. The predicted molar refractivity (Wildman–Crippen MR) is 94.1 cm³/mol. The Morgan fingerprint density at radius 1 is 1.20 bits per heavy atom. The Kier molecular flexibility index (Phi) is 8.05. The van der Waals surface area contributed by atoms with Crippen LogP contribution < -0.4 is 5.32 Å². The summed E-state index contributed by atoms with van der Waals surface area (Å²) in [5.74, 6) is -1.62. The summed E-state index contributed by atoms with van der Waals surface area (Å²) in [4.78, 5) is 51.3. The van der Waals surface area contributed by atoms with Gasteiger partial charge in [-0.3, -0.25) is 19.3 Å². The summed E-state index contributed by atoms with van der Waals surface area (Å²) in [7, 11) is 0. The lowest BCUT2D eigenvalue weighted by Crippen LogP contribution is -2.47. The molecule has 140 valence electrons. The first-order chi connectivity index (χ1) is 11.5. The molecule has 2 rings (SSSR count). The van der Waals surface area contributed by atoms with Gasteiger partial charge in [0.2, 0.25) is 5.91 Å². The number of carbonyl (C=O) groups excluding carboxylic acids is 4. The second-order valence-electron chi connectivity index (χ2n) is 6.01. The number of hydrogen-bond acceptors (Lipinski definition) is 5. The van der Waals surface area contributed by atoms with Crippen molar-refractivity contribution in [3.05, 3.63) is 12.7 Å². The molecular formula is C16H25ClN4O4. The maximum Gasteiger partial charge on any atom is 0.335 e. The summed E-state index contributed by atoms with van der Waals surface area (Å²) in [6, 6.07) is -0.750. The standard InChI is InChI=1S/C16H24N4O4.ClH/c1-3-7-19-14(22)15(23)20(16(19)24)11-13(21)18-8-5-12(6-9-18)10-17-4-2;/h3,12,17H,1,4-11H2,2H3;1H. The molecule has 0 aromatic heterocycles. The van der Waals surface area contributed by atoms with Gasteiger partial charge in [-0.05, 0) is 31.8 Å². The third-order valence-electron chi connectivity index (χ3n) is 4.39. The number of amides is 5. The predicted octanol–water partition coefficient (Wildman–Crippen LogP) is 0.233. The van der Waals surface area contributed by atoms with Crippen molar-refractivity contribution in [2.24, 2.45) is 5.92 Å². The van der Waals surface area contributed by atoms with Crippen molar-refractivity contribution in [3.63, 3.8) is 0 Å². The topological polar surface area (TPSA) is 90.0 Å². The first-order valence-electron chi connectivity index (χ1n) is 8.26. The fourth-order valence-corrected chi connectivity index (χ4v) is 2.95. The van der Waals surface area contributed by atoms with Crippen LogP contribution in [-0.2, 0) is 14.4 Å². The summed E-state index contributed by atoms with van der Waals surface area (Å²) in [5.41, 5.74) is 0. The number of urea groups is 1. The van der Waals surface area contributed by atoms with Gasteiger partial charge in [-0.25, -0.2) is 9.69 Å². The Morgan fingerprint density at radius 3 is 2.36 bits per heavy atom. The second-order valence-corrected chi connectivity index (χ2v) is 6.01. The highest BCUT2D eigenvalue weighted by Crippen LogP contribution is 2.18. The van der Waals surface area contributed by atoms with E-state index in [9.17, 15) is 19.2 Å². The molecule has 0 aromatic carbocycles. The van der Waals surface area contributed by atoms with Crippen LogP contribution in [0.2, 0.25) is 0 Å². The smallest absolute Gasteiger partial charge is 0.335 e. The normalized spacial score (nSPS) is 18.6. The largest absolute Gasteiger partial charge is 0.341 e. The van der Waals surface area contributed by atoms with E-state index in [1.165, 1.54) is 6.08 Å². The molecule has 0 atom stereocenters. The molecule has 5 amide bonds. The monoisotopic (exact) mass is 372 g/mol. The van der Waals surface area contributed by atoms with E-state index in [-0.39, 0.29) is 31.4 Å². The van der Waals surface area contributed by atoms with Gasteiger partial charge in [-0.2, -0.15) is 0 Å². The summed E-state index contributed by atoms with van der Waals surface area (Å²) < 4.78 is 0. The van der Waals surface area contributed by atoms with Crippen LogP contribution in [0, 0.1) is 5.92 Å². The van der Waals surface area contributed by atoms with Gasteiger partial charge in [0.05, 0.1) is 0 Å². The SMILES string of the molecule is C=CCN1C(=O)C(=O)N(CC(=O)N2CCC(CNCC)CC2)C1=O.Cl. The van der Waals surface area contributed by atoms with Crippen molar-refractivity contribution < 1.29 is 19.2 Å². The third kappa shape index (κ3) is 4.79. The quantitative estimate of drug-likeness (QED) is 0.392. The van der Waals surface area contributed by atoms with E-state index in [0.717, 1.165) is 35.7 Å². The molecule has 9 heteroatoms.